The summed E-state index contributed by atoms with van der Waals surface area (Å²) in [5.74, 6) is -1.07. The molecule has 72 valence electrons. The number of carboxylic acid groups (broad SMARTS) is 1. The number of nitrogens with zero attached hydrogens (tertiary/aromatic N) is 1. The Labute approximate surface area is 82.8 Å². The molecule has 1 aromatic carbocycles. The van der Waals surface area contributed by atoms with Crippen molar-refractivity contribution >= 4 is 5.97 Å². The largest absolute Gasteiger partial charge is 0.475 e. The third kappa shape index (κ3) is 2.11. The van der Waals surface area contributed by atoms with Crippen LogP contribution in [-0.2, 0) is 11.2 Å². The average molecular weight is 189 g/mol. The van der Waals surface area contributed by atoms with E-state index in [0.717, 1.165) is 5.56 Å². The predicted octanol–water partition coefficient (Wildman–Crippen LogP) is 1.99. The van der Waals surface area contributed by atoms with Crippen LogP contribution in [0.2, 0.25) is 0 Å². The minimum atomic E-state index is -1.35. The van der Waals surface area contributed by atoms with Crippen molar-refractivity contribution in [3.8, 4) is 0 Å². The number of hydrogen-bond acceptors (Lipinski definition) is 1. The molecular weight excluding hydrogens is 178 g/mol. The normalized spacial score (nSPS) is 14.0. The molecule has 0 radical (unpaired) electrons. The number of rotatable bonds is 3. The van der Waals surface area contributed by atoms with Gasteiger partial charge in [-0.15, -0.1) is 0 Å². The van der Waals surface area contributed by atoms with E-state index in [2.05, 4.69) is 4.85 Å². The van der Waals surface area contributed by atoms with E-state index in [0.29, 0.717) is 0 Å². The van der Waals surface area contributed by atoms with Crippen LogP contribution < -0.4 is 0 Å². The zero-order chi connectivity index (χ0) is 10.6. The Balaban J connectivity index is 2.88. The topological polar surface area (TPSA) is 41.7 Å². The first kappa shape index (κ1) is 10.3. The van der Waals surface area contributed by atoms with Gasteiger partial charge in [0, 0.05) is 6.92 Å². The fourth-order valence-electron chi connectivity index (χ4n) is 1.16. The van der Waals surface area contributed by atoms with Gasteiger partial charge < -0.3 is 5.11 Å². The number of carbonyl (C=O) groups is 1. The average Bonchev–Trinajstić information content (AvgIpc) is 2.19. The van der Waals surface area contributed by atoms with Gasteiger partial charge in [-0.25, -0.2) is 11.4 Å². The quantitative estimate of drug-likeness (QED) is 0.739. The molecule has 0 heterocycles. The van der Waals surface area contributed by atoms with Crippen molar-refractivity contribution < 1.29 is 9.90 Å². The maximum Gasteiger partial charge on any atom is 0.390 e. The van der Waals surface area contributed by atoms with E-state index in [1.54, 1.807) is 0 Å². The summed E-state index contributed by atoms with van der Waals surface area (Å²) in [6.45, 7) is 8.32. The summed E-state index contributed by atoms with van der Waals surface area (Å²) >= 11 is 0. The summed E-state index contributed by atoms with van der Waals surface area (Å²) in [4.78, 5) is 14.0. The molecule has 0 saturated carbocycles. The van der Waals surface area contributed by atoms with Crippen molar-refractivity contribution in [2.24, 2.45) is 0 Å². The van der Waals surface area contributed by atoms with Gasteiger partial charge in [-0.3, -0.25) is 4.85 Å². The maximum absolute atomic E-state index is 10.8. The van der Waals surface area contributed by atoms with Gasteiger partial charge in [0.05, 0.1) is 6.42 Å². The van der Waals surface area contributed by atoms with E-state index in [9.17, 15) is 4.79 Å². The van der Waals surface area contributed by atoms with Crippen LogP contribution in [-0.4, -0.2) is 16.6 Å². The first-order valence-electron chi connectivity index (χ1n) is 4.24. The molecule has 0 aliphatic rings. The molecule has 0 saturated heterocycles. The van der Waals surface area contributed by atoms with Gasteiger partial charge in [-0.2, -0.15) is 0 Å². The minimum absolute atomic E-state index is 0.243. The van der Waals surface area contributed by atoms with Crippen LogP contribution in [0, 0.1) is 6.57 Å². The Bertz CT molecular complexity index is 367. The number of aliphatic carboxylic acids is 1. The molecule has 1 atom stereocenters. The lowest BCUT2D eigenvalue weighted by atomic mass is 9.94. The standard InChI is InChI=1S/C11H11NO2/c1-11(12-2,10(13)14)8-9-6-4-3-5-7-9/h3-7H,8H2,1H3,(H,13,14). The summed E-state index contributed by atoms with van der Waals surface area (Å²) in [5, 5.41) is 8.88. The van der Waals surface area contributed by atoms with Gasteiger partial charge in [0.15, 0.2) is 0 Å². The molecule has 0 fully saturated rings. The number of benzene rings is 1. The molecule has 0 aliphatic heterocycles. The van der Waals surface area contributed by atoms with Crippen molar-refractivity contribution in [3.63, 3.8) is 0 Å². The molecule has 1 aromatic rings. The van der Waals surface area contributed by atoms with Gasteiger partial charge in [-0.05, 0) is 5.56 Å². The second-order valence-corrected chi connectivity index (χ2v) is 3.35. The lowest BCUT2D eigenvalue weighted by Crippen LogP contribution is -2.33. The molecule has 0 amide bonds. The highest BCUT2D eigenvalue weighted by molar-refractivity contribution is 5.80. The lowest BCUT2D eigenvalue weighted by Gasteiger charge is -2.11. The Kier molecular flexibility index (Phi) is 2.88. The van der Waals surface area contributed by atoms with Gasteiger partial charge in [0.25, 0.3) is 0 Å². The Morgan fingerprint density at radius 3 is 2.50 bits per heavy atom. The third-order valence-corrected chi connectivity index (χ3v) is 2.10. The Hall–Kier alpha value is -1.82. The second kappa shape index (κ2) is 3.93. The van der Waals surface area contributed by atoms with Crippen LogP contribution >= 0.6 is 0 Å². The summed E-state index contributed by atoms with van der Waals surface area (Å²) in [6.07, 6.45) is 0.243. The molecule has 1 unspecified atom stereocenters. The molecule has 0 aromatic heterocycles. The molecular formula is C11H11NO2. The molecule has 3 heteroatoms. The van der Waals surface area contributed by atoms with Crippen LogP contribution in [0.25, 0.3) is 4.85 Å². The van der Waals surface area contributed by atoms with Crippen molar-refractivity contribution in [2.45, 2.75) is 18.9 Å². The van der Waals surface area contributed by atoms with E-state index in [1.807, 2.05) is 30.3 Å². The second-order valence-electron chi connectivity index (χ2n) is 3.35. The summed E-state index contributed by atoms with van der Waals surface area (Å²) in [6, 6.07) is 9.18. The zero-order valence-corrected chi connectivity index (χ0v) is 7.90. The molecule has 0 spiro atoms. The minimum Gasteiger partial charge on any atom is -0.475 e. The molecule has 0 aliphatic carbocycles. The maximum atomic E-state index is 10.8. The van der Waals surface area contributed by atoms with E-state index < -0.39 is 11.5 Å². The summed E-state index contributed by atoms with van der Waals surface area (Å²) in [5.41, 5.74) is -0.477. The molecule has 3 nitrogen and oxygen atoms in total. The number of hydrogen-bond donors (Lipinski definition) is 1. The summed E-state index contributed by atoms with van der Waals surface area (Å²) in [7, 11) is 0. The SMILES string of the molecule is [C-]#[N+]C(C)(Cc1ccccc1)C(=O)O. The molecule has 0 bridgehead atoms. The highest BCUT2D eigenvalue weighted by Gasteiger charge is 2.39. The monoisotopic (exact) mass is 189 g/mol. The zero-order valence-electron chi connectivity index (χ0n) is 7.90. The summed E-state index contributed by atoms with van der Waals surface area (Å²) < 4.78 is 0. The Morgan fingerprint density at radius 1 is 1.50 bits per heavy atom. The first-order valence-corrected chi connectivity index (χ1v) is 4.24. The van der Waals surface area contributed by atoms with Crippen LogP contribution in [0.3, 0.4) is 0 Å². The van der Waals surface area contributed by atoms with Crippen LogP contribution in [0.15, 0.2) is 30.3 Å². The first-order chi connectivity index (χ1) is 6.58. The Morgan fingerprint density at radius 2 is 2.07 bits per heavy atom. The molecule has 1 rings (SSSR count). The van der Waals surface area contributed by atoms with Crippen LogP contribution in [0.5, 0.6) is 0 Å². The molecule has 1 N–H and O–H groups in total. The highest BCUT2D eigenvalue weighted by Crippen LogP contribution is 2.17. The fourth-order valence-corrected chi connectivity index (χ4v) is 1.16. The third-order valence-electron chi connectivity index (χ3n) is 2.10. The van der Waals surface area contributed by atoms with Crippen molar-refractivity contribution in [1.29, 1.82) is 0 Å². The fraction of sp³-hybridized carbons (Fsp3) is 0.273. The van der Waals surface area contributed by atoms with E-state index in [1.165, 1.54) is 6.92 Å². The van der Waals surface area contributed by atoms with Crippen LogP contribution in [0.4, 0.5) is 0 Å². The van der Waals surface area contributed by atoms with Gasteiger partial charge in [0.1, 0.15) is 0 Å². The lowest BCUT2D eigenvalue weighted by molar-refractivity contribution is -0.141. The van der Waals surface area contributed by atoms with Crippen molar-refractivity contribution in [3.05, 3.63) is 47.3 Å². The van der Waals surface area contributed by atoms with E-state index in [-0.39, 0.29) is 6.42 Å². The van der Waals surface area contributed by atoms with Gasteiger partial charge in [-0.1, -0.05) is 30.3 Å². The van der Waals surface area contributed by atoms with Crippen LogP contribution in [0.1, 0.15) is 12.5 Å². The molecule has 14 heavy (non-hydrogen) atoms. The van der Waals surface area contributed by atoms with Crippen molar-refractivity contribution in [2.75, 3.05) is 0 Å². The highest BCUT2D eigenvalue weighted by atomic mass is 16.4. The van der Waals surface area contributed by atoms with E-state index in [4.69, 9.17) is 11.7 Å². The van der Waals surface area contributed by atoms with Gasteiger partial charge >= 0.3 is 11.5 Å². The predicted molar refractivity (Wildman–Crippen MR) is 52.8 cm³/mol. The smallest absolute Gasteiger partial charge is 0.390 e. The van der Waals surface area contributed by atoms with E-state index >= 15 is 0 Å². The van der Waals surface area contributed by atoms with Gasteiger partial charge in [0.2, 0.25) is 0 Å². The number of carboxylic acids is 1. The van der Waals surface area contributed by atoms with Crippen molar-refractivity contribution in [1.82, 2.24) is 0 Å².